The molecular formula is C23H25NO6S. The molecule has 3 aromatic rings. The van der Waals surface area contributed by atoms with E-state index in [4.69, 9.17) is 23.7 Å². The van der Waals surface area contributed by atoms with Gasteiger partial charge in [-0.1, -0.05) is 12.1 Å². The average molecular weight is 444 g/mol. The second kappa shape index (κ2) is 8.82. The van der Waals surface area contributed by atoms with E-state index in [-0.39, 0.29) is 5.92 Å². The van der Waals surface area contributed by atoms with Gasteiger partial charge in [-0.2, -0.15) is 0 Å². The zero-order valence-corrected chi connectivity index (χ0v) is 18.5. The zero-order chi connectivity index (χ0) is 22.0. The van der Waals surface area contributed by atoms with Crippen LogP contribution in [0.4, 0.5) is 0 Å². The number of aliphatic carboxylic acids is 1. The van der Waals surface area contributed by atoms with Gasteiger partial charge < -0.3 is 23.7 Å². The van der Waals surface area contributed by atoms with Gasteiger partial charge >= 0.3 is 5.97 Å². The number of carboxylic acids is 1. The SMILES string of the molecule is Cc1ccc(-c2nc(COc3ccc(CC4COC(C)(C(=O)O)OC4)cc3)c(C)o2)s1. The van der Waals surface area contributed by atoms with Gasteiger partial charge in [-0.3, -0.25) is 0 Å². The molecule has 164 valence electrons. The number of hydrogen-bond donors (Lipinski definition) is 1. The molecule has 0 bridgehead atoms. The number of aromatic nitrogens is 1. The quantitative estimate of drug-likeness (QED) is 0.570. The van der Waals surface area contributed by atoms with Gasteiger partial charge in [0.1, 0.15) is 23.8 Å². The van der Waals surface area contributed by atoms with Crippen LogP contribution in [-0.2, 0) is 27.3 Å². The minimum absolute atomic E-state index is 0.108. The molecule has 31 heavy (non-hydrogen) atoms. The van der Waals surface area contributed by atoms with Gasteiger partial charge in [0.25, 0.3) is 5.79 Å². The van der Waals surface area contributed by atoms with Gasteiger partial charge in [-0.25, -0.2) is 9.78 Å². The number of carbonyl (C=O) groups is 1. The van der Waals surface area contributed by atoms with Crippen LogP contribution >= 0.6 is 11.3 Å². The minimum atomic E-state index is -1.55. The number of nitrogens with zero attached hydrogens (tertiary/aromatic N) is 1. The van der Waals surface area contributed by atoms with Crippen molar-refractivity contribution in [2.24, 2.45) is 5.92 Å². The van der Waals surface area contributed by atoms with Gasteiger partial charge in [0, 0.05) is 17.7 Å². The highest BCUT2D eigenvalue weighted by molar-refractivity contribution is 7.15. The number of carboxylic acid groups (broad SMARTS) is 1. The Hall–Kier alpha value is -2.68. The lowest BCUT2D eigenvalue weighted by molar-refractivity contribution is -0.270. The van der Waals surface area contributed by atoms with Gasteiger partial charge in [-0.05, 0) is 50.1 Å². The van der Waals surface area contributed by atoms with Crippen LogP contribution in [0.2, 0.25) is 0 Å². The molecule has 1 fully saturated rings. The van der Waals surface area contributed by atoms with Crippen LogP contribution in [-0.4, -0.2) is 35.1 Å². The summed E-state index contributed by atoms with van der Waals surface area (Å²) in [6.45, 7) is 6.40. The van der Waals surface area contributed by atoms with Crippen molar-refractivity contribution in [1.29, 1.82) is 0 Å². The van der Waals surface area contributed by atoms with Crippen molar-refractivity contribution < 1.29 is 28.5 Å². The smallest absolute Gasteiger partial charge is 0.364 e. The van der Waals surface area contributed by atoms with Crippen LogP contribution in [0.5, 0.6) is 5.75 Å². The van der Waals surface area contributed by atoms with Gasteiger partial charge in [0.2, 0.25) is 5.89 Å². The number of ether oxygens (including phenoxy) is 3. The monoisotopic (exact) mass is 443 g/mol. The fourth-order valence-electron chi connectivity index (χ4n) is 3.31. The van der Waals surface area contributed by atoms with E-state index in [1.54, 1.807) is 11.3 Å². The number of benzene rings is 1. The molecule has 1 aromatic carbocycles. The lowest BCUT2D eigenvalue weighted by Crippen LogP contribution is -2.48. The van der Waals surface area contributed by atoms with Crippen LogP contribution in [0.1, 0.15) is 28.8 Å². The largest absolute Gasteiger partial charge is 0.487 e. The Morgan fingerprint density at radius 1 is 1.19 bits per heavy atom. The molecule has 4 rings (SSSR count). The molecule has 0 atom stereocenters. The second-order valence-electron chi connectivity index (χ2n) is 7.81. The third-order valence-electron chi connectivity index (χ3n) is 5.24. The predicted molar refractivity (Wildman–Crippen MR) is 115 cm³/mol. The molecule has 0 unspecified atom stereocenters. The molecule has 8 heteroatoms. The number of hydrogen-bond acceptors (Lipinski definition) is 7. The number of thiophene rings is 1. The third-order valence-corrected chi connectivity index (χ3v) is 6.23. The summed E-state index contributed by atoms with van der Waals surface area (Å²) in [5, 5.41) is 9.14. The molecule has 1 N–H and O–H groups in total. The predicted octanol–water partition coefficient (Wildman–Crippen LogP) is 4.61. The molecule has 1 aliphatic rings. The summed E-state index contributed by atoms with van der Waals surface area (Å²) in [5.41, 5.74) is 1.89. The number of oxazole rings is 1. The summed E-state index contributed by atoms with van der Waals surface area (Å²) in [7, 11) is 0. The van der Waals surface area contributed by atoms with E-state index >= 15 is 0 Å². The molecule has 1 aliphatic heterocycles. The third kappa shape index (κ3) is 4.98. The maximum absolute atomic E-state index is 11.2. The molecule has 0 spiro atoms. The van der Waals surface area contributed by atoms with E-state index in [0.29, 0.717) is 25.7 Å². The van der Waals surface area contributed by atoms with Crippen LogP contribution < -0.4 is 4.74 Å². The lowest BCUT2D eigenvalue weighted by atomic mass is 9.99. The normalized spacial score (nSPS) is 21.2. The first-order valence-corrected chi connectivity index (χ1v) is 10.9. The average Bonchev–Trinajstić information content (AvgIpc) is 3.34. The molecule has 0 saturated carbocycles. The summed E-state index contributed by atoms with van der Waals surface area (Å²) >= 11 is 1.65. The highest BCUT2D eigenvalue weighted by atomic mass is 32.1. The first-order chi connectivity index (χ1) is 14.8. The van der Waals surface area contributed by atoms with E-state index in [0.717, 1.165) is 34.1 Å². The molecular weight excluding hydrogens is 418 g/mol. The van der Waals surface area contributed by atoms with Gasteiger partial charge in [-0.15, -0.1) is 11.3 Å². The Kier molecular flexibility index (Phi) is 6.13. The van der Waals surface area contributed by atoms with Crippen molar-refractivity contribution in [3.8, 4) is 16.5 Å². The Morgan fingerprint density at radius 3 is 2.52 bits per heavy atom. The van der Waals surface area contributed by atoms with Crippen LogP contribution in [0.3, 0.4) is 0 Å². The summed E-state index contributed by atoms with van der Waals surface area (Å²) in [4.78, 5) is 18.0. The topological polar surface area (TPSA) is 91.0 Å². The summed E-state index contributed by atoms with van der Waals surface area (Å²) in [6, 6.07) is 11.9. The fraction of sp³-hybridized carbons (Fsp3) is 0.391. The van der Waals surface area contributed by atoms with E-state index in [2.05, 4.69) is 11.9 Å². The highest BCUT2D eigenvalue weighted by Gasteiger charge is 2.40. The highest BCUT2D eigenvalue weighted by Crippen LogP contribution is 2.29. The van der Waals surface area contributed by atoms with Crippen molar-refractivity contribution >= 4 is 17.3 Å². The molecule has 0 aliphatic carbocycles. The van der Waals surface area contributed by atoms with Crippen LogP contribution in [0, 0.1) is 19.8 Å². The first kappa shape index (κ1) is 21.5. The summed E-state index contributed by atoms with van der Waals surface area (Å²) < 4.78 is 22.5. The maximum atomic E-state index is 11.2. The van der Waals surface area contributed by atoms with Crippen LogP contribution in [0.25, 0.3) is 10.8 Å². The number of rotatable bonds is 7. The van der Waals surface area contributed by atoms with E-state index in [1.165, 1.54) is 11.8 Å². The molecule has 0 amide bonds. The zero-order valence-electron chi connectivity index (χ0n) is 17.7. The Balaban J connectivity index is 1.30. The van der Waals surface area contributed by atoms with Crippen molar-refractivity contribution in [3.63, 3.8) is 0 Å². The Bertz CT molecular complexity index is 1050. The number of aryl methyl sites for hydroxylation is 2. The lowest BCUT2D eigenvalue weighted by Gasteiger charge is -2.34. The summed E-state index contributed by atoms with van der Waals surface area (Å²) in [6.07, 6.45) is 0.738. The molecule has 7 nitrogen and oxygen atoms in total. The maximum Gasteiger partial charge on any atom is 0.364 e. The molecule has 0 radical (unpaired) electrons. The van der Waals surface area contributed by atoms with E-state index in [9.17, 15) is 4.79 Å². The van der Waals surface area contributed by atoms with Gasteiger partial charge in [0.05, 0.1) is 18.1 Å². The van der Waals surface area contributed by atoms with Crippen molar-refractivity contribution in [3.05, 3.63) is 58.3 Å². The van der Waals surface area contributed by atoms with E-state index < -0.39 is 11.8 Å². The fourth-order valence-corrected chi connectivity index (χ4v) is 4.10. The molecule has 2 aromatic heterocycles. The van der Waals surface area contributed by atoms with Crippen molar-refractivity contribution in [2.75, 3.05) is 13.2 Å². The Labute approximate surface area is 184 Å². The molecule has 1 saturated heterocycles. The van der Waals surface area contributed by atoms with Crippen molar-refractivity contribution in [2.45, 2.75) is 39.6 Å². The van der Waals surface area contributed by atoms with Crippen LogP contribution in [0.15, 0.2) is 40.8 Å². The minimum Gasteiger partial charge on any atom is -0.487 e. The Morgan fingerprint density at radius 2 is 1.90 bits per heavy atom. The van der Waals surface area contributed by atoms with Gasteiger partial charge in [0.15, 0.2) is 0 Å². The molecule has 3 heterocycles. The first-order valence-electron chi connectivity index (χ1n) is 10.1. The second-order valence-corrected chi connectivity index (χ2v) is 9.10. The summed E-state index contributed by atoms with van der Waals surface area (Å²) in [5.74, 6) is -0.419. The standard InChI is InChI=1S/C23H25NO6S/c1-14-4-9-20(31-14)21-24-19(15(2)30-21)13-27-18-7-5-16(6-8-18)10-17-11-28-23(3,22(25)26)29-12-17/h4-9,17H,10-13H2,1-3H3,(H,25,26). The van der Waals surface area contributed by atoms with E-state index in [1.807, 2.05) is 43.3 Å². The van der Waals surface area contributed by atoms with Crippen molar-refractivity contribution in [1.82, 2.24) is 4.98 Å².